The molecule has 0 aliphatic heterocycles. The van der Waals surface area contributed by atoms with Crippen LogP contribution in [0.3, 0.4) is 0 Å². The molecule has 0 radical (unpaired) electrons. The summed E-state index contributed by atoms with van der Waals surface area (Å²) in [7, 11) is 0. The number of phenolic OH excluding ortho intramolecular Hbond substituents is 2. The van der Waals surface area contributed by atoms with Crippen LogP contribution in [0.1, 0.15) is 67.8 Å². The third-order valence-corrected chi connectivity index (χ3v) is 4.65. The summed E-state index contributed by atoms with van der Waals surface area (Å²) in [4.78, 5) is 0. The Hall–Kier alpha value is -2.50. The molecule has 2 aromatic rings. The molecule has 0 aromatic heterocycles. The Bertz CT molecular complexity index is 783. The fourth-order valence-electron chi connectivity index (χ4n) is 2.92. The highest BCUT2D eigenvalue weighted by Crippen LogP contribution is 2.34. The van der Waals surface area contributed by atoms with Gasteiger partial charge >= 0.3 is 0 Å². The van der Waals surface area contributed by atoms with E-state index in [0.29, 0.717) is 18.0 Å². The summed E-state index contributed by atoms with van der Waals surface area (Å²) in [5.41, 5.74) is 9.91. The molecule has 0 aliphatic carbocycles. The van der Waals surface area contributed by atoms with Crippen LogP contribution in [0.15, 0.2) is 48.7 Å². The van der Waals surface area contributed by atoms with E-state index in [0.717, 1.165) is 11.1 Å². The van der Waals surface area contributed by atoms with Crippen LogP contribution < -0.4 is 11.6 Å². The fraction of sp³-hybridized carbons (Fsp3) is 0.364. The van der Waals surface area contributed by atoms with Crippen molar-refractivity contribution in [2.24, 2.45) is 11.6 Å². The molecule has 6 N–H and O–H groups in total. The van der Waals surface area contributed by atoms with E-state index in [1.165, 1.54) is 11.6 Å². The average Bonchev–Trinajstić information content (AvgIpc) is 2.60. The molecule has 1 unspecified atom stereocenters. The van der Waals surface area contributed by atoms with Gasteiger partial charge in [-0.3, -0.25) is 0 Å². The lowest BCUT2D eigenvalue weighted by atomic mass is 9.96. The summed E-state index contributed by atoms with van der Waals surface area (Å²) >= 11 is 0. The zero-order valence-corrected chi connectivity index (χ0v) is 16.6. The maximum absolute atomic E-state index is 10.1. The van der Waals surface area contributed by atoms with Gasteiger partial charge in [0.15, 0.2) is 0 Å². The number of hydrogen-bond donors (Lipinski definition) is 4. The molecule has 5 nitrogen and oxygen atoms in total. The van der Waals surface area contributed by atoms with Crippen LogP contribution in [0, 0.1) is 0 Å². The highest BCUT2D eigenvalue weighted by molar-refractivity contribution is 5.48. The van der Waals surface area contributed by atoms with Crippen molar-refractivity contribution in [1.82, 2.24) is 5.01 Å². The van der Waals surface area contributed by atoms with E-state index in [9.17, 15) is 10.2 Å². The number of phenols is 2. The minimum atomic E-state index is -0.530. The highest BCUT2D eigenvalue weighted by Gasteiger charge is 2.15. The van der Waals surface area contributed by atoms with Gasteiger partial charge in [-0.1, -0.05) is 52.0 Å². The van der Waals surface area contributed by atoms with Crippen molar-refractivity contribution in [3.8, 4) is 11.5 Å². The summed E-state index contributed by atoms with van der Waals surface area (Å²) < 4.78 is 0. The normalized spacial score (nSPS) is 12.9. The van der Waals surface area contributed by atoms with E-state index in [1.54, 1.807) is 23.4 Å². The zero-order valence-electron chi connectivity index (χ0n) is 16.6. The van der Waals surface area contributed by atoms with E-state index in [-0.39, 0.29) is 17.4 Å². The number of nitrogens with zero attached hydrogens (tertiary/aromatic N) is 1. The first kappa shape index (κ1) is 20.8. The number of aromatic hydroxyl groups is 2. The van der Waals surface area contributed by atoms with Crippen molar-refractivity contribution in [3.63, 3.8) is 0 Å². The van der Waals surface area contributed by atoms with Gasteiger partial charge in [0.2, 0.25) is 0 Å². The molecule has 0 spiro atoms. The van der Waals surface area contributed by atoms with Gasteiger partial charge < -0.3 is 21.0 Å². The molecule has 0 fully saturated rings. The molecule has 2 rings (SSSR count). The van der Waals surface area contributed by atoms with Crippen molar-refractivity contribution < 1.29 is 10.2 Å². The Morgan fingerprint density at radius 2 is 1.52 bits per heavy atom. The van der Waals surface area contributed by atoms with E-state index in [4.69, 9.17) is 11.6 Å². The first-order chi connectivity index (χ1) is 12.7. The molecular weight excluding hydrogens is 338 g/mol. The lowest BCUT2D eigenvalue weighted by Crippen LogP contribution is -2.25. The predicted molar refractivity (Wildman–Crippen MR) is 110 cm³/mol. The summed E-state index contributed by atoms with van der Waals surface area (Å²) in [5.74, 6) is 6.73. The van der Waals surface area contributed by atoms with Crippen LogP contribution in [-0.2, 0) is 6.54 Å². The quantitative estimate of drug-likeness (QED) is 0.433. The third kappa shape index (κ3) is 5.49. The molecule has 2 aromatic carbocycles. The molecule has 0 aliphatic rings. The number of benzene rings is 2. The number of nitrogens with two attached hydrogens (primary N) is 2. The van der Waals surface area contributed by atoms with Gasteiger partial charge in [-0.2, -0.15) is 0 Å². The smallest absolute Gasteiger partial charge is 0.124 e. The van der Waals surface area contributed by atoms with Crippen LogP contribution in [0.2, 0.25) is 0 Å². The van der Waals surface area contributed by atoms with Crippen molar-refractivity contribution in [1.29, 1.82) is 0 Å². The van der Waals surface area contributed by atoms with E-state index >= 15 is 0 Å². The highest BCUT2D eigenvalue weighted by atomic mass is 16.3. The average molecular weight is 370 g/mol. The van der Waals surface area contributed by atoms with Crippen molar-refractivity contribution in [2.75, 3.05) is 0 Å². The van der Waals surface area contributed by atoms with Crippen molar-refractivity contribution in [2.45, 2.75) is 52.1 Å². The van der Waals surface area contributed by atoms with Gasteiger partial charge in [0.05, 0.1) is 12.6 Å². The topological polar surface area (TPSA) is 95.7 Å². The molecule has 0 amide bonds. The second kappa shape index (κ2) is 8.93. The van der Waals surface area contributed by atoms with Gasteiger partial charge in [0.1, 0.15) is 11.5 Å². The van der Waals surface area contributed by atoms with Crippen LogP contribution in [-0.4, -0.2) is 15.2 Å². The number of hydrogen-bond acceptors (Lipinski definition) is 5. The molecule has 0 bridgehead atoms. The van der Waals surface area contributed by atoms with Gasteiger partial charge in [0, 0.05) is 17.8 Å². The zero-order chi connectivity index (χ0) is 20.1. The largest absolute Gasteiger partial charge is 0.508 e. The Morgan fingerprint density at radius 1 is 0.926 bits per heavy atom. The van der Waals surface area contributed by atoms with Crippen LogP contribution >= 0.6 is 0 Å². The second-order valence-corrected chi connectivity index (χ2v) is 7.56. The second-order valence-electron chi connectivity index (χ2n) is 7.56. The number of rotatable bonds is 7. The van der Waals surface area contributed by atoms with Gasteiger partial charge in [-0.25, -0.2) is 5.84 Å². The van der Waals surface area contributed by atoms with Crippen LogP contribution in [0.4, 0.5) is 0 Å². The Kier molecular flexibility index (Phi) is 6.88. The monoisotopic (exact) mass is 369 g/mol. The SMILES string of the molecule is CC(C)c1ccc(CN(N)C=CC(N)c2cc(C(C)C)c(O)cc2O)cc1. The molecule has 146 valence electrons. The molecular formula is C22H31N3O2. The van der Waals surface area contributed by atoms with Crippen LogP contribution in [0.25, 0.3) is 0 Å². The van der Waals surface area contributed by atoms with Crippen LogP contribution in [0.5, 0.6) is 11.5 Å². The molecule has 0 saturated heterocycles. The van der Waals surface area contributed by atoms with E-state index < -0.39 is 6.04 Å². The Labute approximate surface area is 161 Å². The maximum atomic E-state index is 10.1. The number of hydrazine groups is 1. The van der Waals surface area contributed by atoms with Gasteiger partial charge in [-0.15, -0.1) is 0 Å². The summed E-state index contributed by atoms with van der Waals surface area (Å²) in [6, 6.07) is 10.9. The first-order valence-electron chi connectivity index (χ1n) is 9.28. The third-order valence-electron chi connectivity index (χ3n) is 4.65. The Balaban J connectivity index is 2.07. The molecule has 0 heterocycles. The standard InChI is InChI=1S/C22H31N3O2/c1-14(2)17-7-5-16(6-8-17)13-25(24)10-9-20(23)19-11-18(15(3)4)21(26)12-22(19)27/h5-12,14-15,20,26-27H,13,23-24H2,1-4H3. The molecule has 1 atom stereocenters. The fourth-order valence-corrected chi connectivity index (χ4v) is 2.92. The minimum absolute atomic E-state index is 0.0260. The summed E-state index contributed by atoms with van der Waals surface area (Å²) in [6.07, 6.45) is 3.45. The maximum Gasteiger partial charge on any atom is 0.124 e. The summed E-state index contributed by atoms with van der Waals surface area (Å²) in [5, 5.41) is 21.6. The predicted octanol–water partition coefficient (Wildman–Crippen LogP) is 4.23. The Morgan fingerprint density at radius 3 is 2.07 bits per heavy atom. The molecule has 0 saturated carbocycles. The lowest BCUT2D eigenvalue weighted by molar-refractivity contribution is 0.384. The first-order valence-corrected chi connectivity index (χ1v) is 9.28. The van der Waals surface area contributed by atoms with E-state index in [2.05, 4.69) is 38.1 Å². The lowest BCUT2D eigenvalue weighted by Gasteiger charge is -2.17. The molecule has 27 heavy (non-hydrogen) atoms. The minimum Gasteiger partial charge on any atom is -0.508 e. The van der Waals surface area contributed by atoms with Crippen molar-refractivity contribution >= 4 is 0 Å². The van der Waals surface area contributed by atoms with Crippen molar-refractivity contribution in [3.05, 3.63) is 70.9 Å². The van der Waals surface area contributed by atoms with Gasteiger partial charge in [0.25, 0.3) is 0 Å². The van der Waals surface area contributed by atoms with E-state index in [1.807, 2.05) is 13.8 Å². The molecule has 5 heteroatoms. The summed E-state index contributed by atoms with van der Waals surface area (Å²) in [6.45, 7) is 8.84. The van der Waals surface area contributed by atoms with Gasteiger partial charge in [-0.05, 0) is 40.7 Å².